The highest BCUT2D eigenvalue weighted by atomic mass is 79.9. The number of nitrogens with zero attached hydrogens (tertiary/aromatic N) is 4. The van der Waals surface area contributed by atoms with Gasteiger partial charge in [0.2, 0.25) is 0 Å². The van der Waals surface area contributed by atoms with E-state index < -0.39 is 0 Å². The van der Waals surface area contributed by atoms with Gasteiger partial charge in [0.1, 0.15) is 17.8 Å². The number of aromatic nitrogens is 4. The van der Waals surface area contributed by atoms with Crippen molar-refractivity contribution < 1.29 is 5.11 Å². The number of aliphatic hydroxyl groups excluding tert-OH is 1. The molecule has 2 saturated carbocycles. The van der Waals surface area contributed by atoms with Gasteiger partial charge < -0.3 is 10.8 Å². The summed E-state index contributed by atoms with van der Waals surface area (Å²) in [6, 6.07) is 8.51. The van der Waals surface area contributed by atoms with Crippen molar-refractivity contribution in [2.24, 2.45) is 0 Å². The van der Waals surface area contributed by atoms with Crippen molar-refractivity contribution in [1.82, 2.24) is 19.7 Å². The second-order valence-corrected chi connectivity index (χ2v) is 8.55. The van der Waals surface area contributed by atoms with Gasteiger partial charge in [0.05, 0.1) is 17.5 Å². The molecule has 5 rings (SSSR count). The lowest BCUT2D eigenvalue weighted by molar-refractivity contribution is 0.183. The zero-order chi connectivity index (χ0) is 19.5. The van der Waals surface area contributed by atoms with E-state index in [1.165, 1.54) is 32.0 Å². The van der Waals surface area contributed by atoms with Crippen LogP contribution in [0.2, 0.25) is 0 Å². The van der Waals surface area contributed by atoms with Crippen LogP contribution in [0.25, 0.3) is 22.3 Å². The van der Waals surface area contributed by atoms with E-state index in [9.17, 15) is 0 Å². The van der Waals surface area contributed by atoms with E-state index in [0.717, 1.165) is 52.4 Å². The van der Waals surface area contributed by atoms with E-state index in [1.54, 1.807) is 0 Å². The van der Waals surface area contributed by atoms with Crippen LogP contribution in [0.5, 0.6) is 0 Å². The lowest BCUT2D eigenvalue weighted by atomic mass is 10.1. The maximum atomic E-state index is 8.73. The molecule has 0 saturated heterocycles. The molecule has 3 N–H and O–H groups in total. The molecule has 148 valence electrons. The molecule has 7 heteroatoms. The lowest BCUT2D eigenvalue weighted by Crippen LogP contribution is -2.07. The largest absolute Gasteiger partial charge is 0.393 e. The fourth-order valence-corrected chi connectivity index (χ4v) is 4.38. The van der Waals surface area contributed by atoms with Crippen LogP contribution in [-0.2, 0) is 0 Å². The third kappa shape index (κ3) is 4.05. The highest BCUT2D eigenvalue weighted by molar-refractivity contribution is 9.10. The predicted octanol–water partition coefficient (Wildman–Crippen LogP) is 4.87. The van der Waals surface area contributed by atoms with Gasteiger partial charge in [-0.05, 0) is 37.8 Å². The summed E-state index contributed by atoms with van der Waals surface area (Å²) >= 11 is 3.47. The molecule has 3 aromatic rings. The number of nitrogen functional groups attached to an aromatic ring is 1. The van der Waals surface area contributed by atoms with Gasteiger partial charge in [0, 0.05) is 10.0 Å². The molecule has 2 aromatic heterocycles. The molecule has 0 radical (unpaired) electrons. The van der Waals surface area contributed by atoms with Gasteiger partial charge in [0.15, 0.2) is 5.65 Å². The molecule has 0 amide bonds. The average molecular weight is 444 g/mol. The molecule has 0 bridgehead atoms. The zero-order valence-electron chi connectivity index (χ0n) is 15.9. The van der Waals surface area contributed by atoms with Crippen LogP contribution in [0, 0.1) is 0 Å². The quantitative estimate of drug-likeness (QED) is 0.589. The van der Waals surface area contributed by atoms with Crippen LogP contribution in [0.4, 0.5) is 5.82 Å². The first kappa shape index (κ1) is 19.3. The minimum atomic E-state index is 0.0463. The van der Waals surface area contributed by atoms with E-state index in [4.69, 9.17) is 15.9 Å². The molecule has 1 aromatic carbocycles. The highest BCUT2D eigenvalue weighted by Crippen LogP contribution is 2.36. The third-order valence-corrected chi connectivity index (χ3v) is 6.16. The van der Waals surface area contributed by atoms with Crippen LogP contribution in [-0.4, -0.2) is 31.0 Å². The summed E-state index contributed by atoms with van der Waals surface area (Å²) in [7, 11) is 0. The van der Waals surface area contributed by atoms with Crippen molar-refractivity contribution in [1.29, 1.82) is 0 Å². The van der Waals surface area contributed by atoms with Crippen LogP contribution >= 0.6 is 15.9 Å². The fourth-order valence-electron chi connectivity index (χ4n) is 4.11. The summed E-state index contributed by atoms with van der Waals surface area (Å²) in [5.74, 6) is 0.493. The molecular formula is C21H26BrN5O. The predicted molar refractivity (Wildman–Crippen MR) is 115 cm³/mol. The van der Waals surface area contributed by atoms with Gasteiger partial charge in [-0.15, -0.1) is 0 Å². The average Bonchev–Trinajstić information content (AvgIpc) is 3.43. The second-order valence-electron chi connectivity index (χ2n) is 7.63. The zero-order valence-corrected chi connectivity index (χ0v) is 17.5. The molecule has 0 aliphatic heterocycles. The Labute approximate surface area is 173 Å². The number of benzene rings is 1. The topological polar surface area (TPSA) is 89.9 Å². The first-order valence-corrected chi connectivity index (χ1v) is 10.9. The number of fused-ring (bicyclic) bond motifs is 1. The van der Waals surface area contributed by atoms with Crippen molar-refractivity contribution in [3.05, 3.63) is 35.1 Å². The van der Waals surface area contributed by atoms with Gasteiger partial charge in [-0.2, -0.15) is 5.10 Å². The maximum absolute atomic E-state index is 8.73. The van der Waals surface area contributed by atoms with Gasteiger partial charge in [0.25, 0.3) is 0 Å². The number of anilines is 1. The number of rotatable bonds is 2. The Kier molecular flexibility index (Phi) is 5.92. The Balaban J connectivity index is 0.000000275. The van der Waals surface area contributed by atoms with Crippen molar-refractivity contribution in [2.45, 2.75) is 63.5 Å². The molecule has 0 atom stereocenters. The summed E-state index contributed by atoms with van der Waals surface area (Å²) in [5, 5.41) is 14.4. The van der Waals surface area contributed by atoms with Gasteiger partial charge >= 0.3 is 0 Å². The van der Waals surface area contributed by atoms with E-state index >= 15 is 0 Å². The van der Waals surface area contributed by atoms with Crippen LogP contribution < -0.4 is 5.73 Å². The summed E-state index contributed by atoms with van der Waals surface area (Å²) in [6.07, 6.45) is 10.9. The van der Waals surface area contributed by atoms with E-state index in [-0.39, 0.29) is 6.10 Å². The Hall–Kier alpha value is -1.99. The Bertz CT molecular complexity index is 928. The second kappa shape index (κ2) is 8.57. The summed E-state index contributed by atoms with van der Waals surface area (Å²) in [5.41, 5.74) is 8.87. The minimum absolute atomic E-state index is 0.0463. The van der Waals surface area contributed by atoms with Crippen molar-refractivity contribution >= 4 is 32.8 Å². The Morgan fingerprint density at radius 2 is 1.61 bits per heavy atom. The van der Waals surface area contributed by atoms with Gasteiger partial charge in [-0.25, -0.2) is 14.6 Å². The normalized spacial score (nSPS) is 17.8. The monoisotopic (exact) mass is 443 g/mol. The standard InChI is InChI=1S/C16H16BrN5.C5H10O/c17-11-7-5-10(6-8-11)14-13-15(18)19-9-20-16(13)22(21-14)12-3-1-2-4-12;6-5-3-1-2-4-5/h5-9,12H,1-4H2,(H2,18,19,20);5-6H,1-4H2. The number of aliphatic hydroxyl groups is 1. The minimum Gasteiger partial charge on any atom is -0.393 e. The molecule has 28 heavy (non-hydrogen) atoms. The summed E-state index contributed by atoms with van der Waals surface area (Å²) in [4.78, 5) is 8.61. The van der Waals surface area contributed by atoms with Crippen molar-refractivity contribution in [3.63, 3.8) is 0 Å². The number of hydrogen-bond donors (Lipinski definition) is 2. The number of nitrogens with two attached hydrogens (primary N) is 1. The molecular weight excluding hydrogens is 418 g/mol. The number of halogens is 1. The summed E-state index contributed by atoms with van der Waals surface area (Å²) < 4.78 is 3.09. The van der Waals surface area contributed by atoms with Gasteiger partial charge in [-0.1, -0.05) is 53.7 Å². The van der Waals surface area contributed by atoms with E-state index in [2.05, 4.69) is 30.6 Å². The Morgan fingerprint density at radius 1 is 0.964 bits per heavy atom. The third-order valence-electron chi connectivity index (χ3n) is 5.63. The SMILES string of the molecule is Nc1ncnc2c1c(-c1ccc(Br)cc1)nn2C1CCCC1.OC1CCCC1. The molecule has 6 nitrogen and oxygen atoms in total. The molecule has 0 spiro atoms. The lowest BCUT2D eigenvalue weighted by Gasteiger charge is -2.10. The fraction of sp³-hybridized carbons (Fsp3) is 0.476. The van der Waals surface area contributed by atoms with Crippen LogP contribution in [0.15, 0.2) is 35.1 Å². The number of hydrogen-bond acceptors (Lipinski definition) is 5. The van der Waals surface area contributed by atoms with E-state index in [0.29, 0.717) is 11.9 Å². The summed E-state index contributed by atoms with van der Waals surface area (Å²) in [6.45, 7) is 0. The van der Waals surface area contributed by atoms with E-state index in [1.807, 2.05) is 24.3 Å². The highest BCUT2D eigenvalue weighted by Gasteiger charge is 2.24. The van der Waals surface area contributed by atoms with Gasteiger partial charge in [-0.3, -0.25) is 0 Å². The maximum Gasteiger partial charge on any atom is 0.164 e. The smallest absolute Gasteiger partial charge is 0.164 e. The van der Waals surface area contributed by atoms with Crippen LogP contribution in [0.3, 0.4) is 0 Å². The Morgan fingerprint density at radius 3 is 2.21 bits per heavy atom. The first-order valence-electron chi connectivity index (χ1n) is 10.1. The first-order chi connectivity index (χ1) is 13.6. The molecule has 2 heterocycles. The molecule has 2 fully saturated rings. The molecule has 2 aliphatic rings. The molecule has 2 aliphatic carbocycles. The van der Waals surface area contributed by atoms with Crippen LogP contribution in [0.1, 0.15) is 57.4 Å². The molecule has 0 unspecified atom stereocenters. The van der Waals surface area contributed by atoms with Crippen molar-refractivity contribution in [3.8, 4) is 11.3 Å². The van der Waals surface area contributed by atoms with Crippen molar-refractivity contribution in [2.75, 3.05) is 5.73 Å².